The van der Waals surface area contributed by atoms with E-state index in [0.29, 0.717) is 6.07 Å². The van der Waals surface area contributed by atoms with E-state index in [1.807, 2.05) is 38.4 Å². The summed E-state index contributed by atoms with van der Waals surface area (Å²) >= 11 is 0. The number of nitriles is 1. The third-order valence-corrected chi connectivity index (χ3v) is 8.41. The van der Waals surface area contributed by atoms with Gasteiger partial charge in [-0.3, -0.25) is 14.3 Å². The molecule has 16 heteroatoms. The second kappa shape index (κ2) is 14.9. The van der Waals surface area contributed by atoms with Crippen LogP contribution >= 0.6 is 8.53 Å². The molecule has 1 N–H and O–H groups in total. The molecule has 0 radical (unpaired) electrons. The highest BCUT2D eigenvalue weighted by Gasteiger charge is 2.42. The van der Waals surface area contributed by atoms with Gasteiger partial charge in [0.25, 0.3) is 14.1 Å². The van der Waals surface area contributed by atoms with Crippen LogP contribution in [0.2, 0.25) is 0 Å². The van der Waals surface area contributed by atoms with Gasteiger partial charge in [-0.1, -0.05) is 6.07 Å². The van der Waals surface area contributed by atoms with Crippen molar-refractivity contribution < 1.29 is 41.2 Å². The third kappa shape index (κ3) is 9.35. The molecule has 1 saturated heterocycles. The van der Waals surface area contributed by atoms with Crippen LogP contribution in [0.15, 0.2) is 40.1 Å². The minimum Gasteiger partial charge on any atom is -0.431 e. The van der Waals surface area contributed by atoms with Gasteiger partial charge in [-0.15, -0.1) is 0 Å². The van der Waals surface area contributed by atoms with Crippen LogP contribution in [0, 0.1) is 18.3 Å². The molecule has 1 aromatic heterocycles. The maximum absolute atomic E-state index is 13.0. The predicted octanol–water partition coefficient (Wildman–Crippen LogP) is 5.03. The van der Waals surface area contributed by atoms with Crippen molar-refractivity contribution >= 4 is 14.7 Å². The number of rotatable bonds is 12. The van der Waals surface area contributed by atoms with Gasteiger partial charge in [-0.25, -0.2) is 14.3 Å². The molecule has 0 aliphatic carbocycles. The van der Waals surface area contributed by atoms with Gasteiger partial charge in [0.1, 0.15) is 24.7 Å². The van der Waals surface area contributed by atoms with E-state index in [1.54, 1.807) is 0 Å². The second-order valence-electron chi connectivity index (χ2n) is 10.2. The molecule has 0 bridgehead atoms. The fourth-order valence-electron chi connectivity index (χ4n) is 4.35. The first-order chi connectivity index (χ1) is 20.2. The summed E-state index contributed by atoms with van der Waals surface area (Å²) in [6.07, 6.45) is -7.06. The Morgan fingerprint density at radius 1 is 1.26 bits per heavy atom. The Balaban J connectivity index is 1.83. The van der Waals surface area contributed by atoms with Crippen LogP contribution in [0.1, 0.15) is 57.9 Å². The number of hydrogen-bond donors (Lipinski definition) is 1. The number of carbonyl (C=O) groups excluding carboxylic acids is 1. The van der Waals surface area contributed by atoms with Gasteiger partial charge >= 0.3 is 18.0 Å². The van der Waals surface area contributed by atoms with Crippen LogP contribution in [0.3, 0.4) is 0 Å². The van der Waals surface area contributed by atoms with E-state index in [2.05, 4.69) is 4.98 Å². The molecule has 0 saturated carbocycles. The highest BCUT2D eigenvalue weighted by atomic mass is 31.2. The van der Waals surface area contributed by atoms with Crippen molar-refractivity contribution in [3.8, 4) is 11.8 Å². The number of carbonyl (C=O) groups is 1. The molecule has 2 aromatic rings. The number of aryl methyl sites for hydroxylation is 1. The van der Waals surface area contributed by atoms with Gasteiger partial charge in [-0.05, 0) is 52.8 Å². The lowest BCUT2D eigenvalue weighted by molar-refractivity contribution is -0.137. The summed E-state index contributed by atoms with van der Waals surface area (Å²) in [4.78, 5) is 39.1. The Hall–Kier alpha value is -3.28. The van der Waals surface area contributed by atoms with Gasteiger partial charge in [0.15, 0.2) is 0 Å². The zero-order chi connectivity index (χ0) is 31.9. The molecule has 2 heterocycles. The number of ether oxygens (including phenoxy) is 3. The molecule has 43 heavy (non-hydrogen) atoms. The van der Waals surface area contributed by atoms with E-state index in [-0.39, 0.29) is 42.8 Å². The van der Waals surface area contributed by atoms with Crippen molar-refractivity contribution in [1.29, 1.82) is 5.26 Å². The van der Waals surface area contributed by atoms with Gasteiger partial charge in [0, 0.05) is 30.3 Å². The fourth-order valence-corrected chi connectivity index (χ4v) is 6.11. The lowest BCUT2D eigenvalue weighted by Crippen LogP contribution is -2.37. The predicted molar refractivity (Wildman–Crippen MR) is 148 cm³/mol. The average Bonchev–Trinajstić information content (AvgIpc) is 3.31. The molecule has 1 aliphatic rings. The van der Waals surface area contributed by atoms with E-state index in [1.165, 1.54) is 23.8 Å². The number of aromatic nitrogens is 2. The maximum atomic E-state index is 13.0. The number of aromatic amines is 1. The number of nitrogens with one attached hydrogen (secondary N) is 1. The number of halogens is 3. The minimum absolute atomic E-state index is 0.0204. The summed E-state index contributed by atoms with van der Waals surface area (Å²) in [5.74, 6) is -0.368. The Morgan fingerprint density at radius 2 is 1.95 bits per heavy atom. The number of benzene rings is 1. The molecular weight excluding hydrogens is 596 g/mol. The topological polar surface area (TPSA) is 145 Å². The molecule has 4 atom stereocenters. The Kier molecular flexibility index (Phi) is 11.9. The van der Waals surface area contributed by atoms with Gasteiger partial charge in [0.2, 0.25) is 0 Å². The van der Waals surface area contributed by atoms with Gasteiger partial charge < -0.3 is 23.3 Å². The molecule has 236 valence electrons. The number of hydrogen-bond acceptors (Lipinski definition) is 10. The first-order valence-electron chi connectivity index (χ1n) is 13.5. The second-order valence-corrected chi connectivity index (χ2v) is 11.6. The van der Waals surface area contributed by atoms with Gasteiger partial charge in [-0.2, -0.15) is 18.4 Å². The van der Waals surface area contributed by atoms with Crippen molar-refractivity contribution in [2.45, 2.75) is 84.2 Å². The van der Waals surface area contributed by atoms with Crippen LogP contribution < -0.4 is 16.0 Å². The number of H-pyrrole nitrogens is 1. The average molecular weight is 631 g/mol. The highest BCUT2D eigenvalue weighted by Crippen LogP contribution is 2.50. The lowest BCUT2D eigenvalue weighted by atomic mass is 10.2. The third-order valence-electron chi connectivity index (χ3n) is 6.25. The quantitative estimate of drug-likeness (QED) is 0.147. The first kappa shape index (κ1) is 34.2. The number of alkyl halides is 3. The molecule has 1 unspecified atom stereocenters. The molecule has 0 spiro atoms. The van der Waals surface area contributed by atoms with Crippen LogP contribution in [0.5, 0.6) is 5.75 Å². The van der Waals surface area contributed by atoms with Crippen molar-refractivity contribution in [2.24, 2.45) is 0 Å². The van der Waals surface area contributed by atoms with Crippen LogP contribution in [-0.2, 0) is 24.7 Å². The van der Waals surface area contributed by atoms with Gasteiger partial charge in [0.05, 0.1) is 30.8 Å². The van der Waals surface area contributed by atoms with E-state index < -0.39 is 62.7 Å². The molecule has 0 amide bonds. The molecular formula is C27H34F3N4O8P. The molecule has 1 aliphatic heterocycles. The Labute approximate surface area is 247 Å². The fraction of sp³-hybridized carbons (Fsp3) is 0.556. The van der Waals surface area contributed by atoms with E-state index in [9.17, 15) is 27.6 Å². The summed E-state index contributed by atoms with van der Waals surface area (Å²) in [6.45, 7) is 8.98. The Morgan fingerprint density at radius 3 is 2.58 bits per heavy atom. The molecule has 1 fully saturated rings. The summed E-state index contributed by atoms with van der Waals surface area (Å²) in [6, 6.07) is 5.74. The van der Waals surface area contributed by atoms with Crippen LogP contribution in [-0.4, -0.2) is 57.9 Å². The van der Waals surface area contributed by atoms with E-state index >= 15 is 0 Å². The highest BCUT2D eigenvalue weighted by molar-refractivity contribution is 7.44. The summed E-state index contributed by atoms with van der Waals surface area (Å²) in [5.41, 5.74) is -2.01. The monoisotopic (exact) mass is 630 g/mol. The van der Waals surface area contributed by atoms with Crippen molar-refractivity contribution in [3.63, 3.8) is 0 Å². The zero-order valence-corrected chi connectivity index (χ0v) is 25.2. The molecule has 1 aromatic carbocycles. The first-order valence-corrected chi connectivity index (χ1v) is 14.6. The van der Waals surface area contributed by atoms with Crippen molar-refractivity contribution in [1.82, 2.24) is 14.2 Å². The zero-order valence-electron chi connectivity index (χ0n) is 24.3. The van der Waals surface area contributed by atoms with Crippen molar-refractivity contribution in [2.75, 3.05) is 13.2 Å². The van der Waals surface area contributed by atoms with Crippen LogP contribution in [0.25, 0.3) is 0 Å². The lowest BCUT2D eigenvalue weighted by Gasteiger charge is -2.37. The summed E-state index contributed by atoms with van der Waals surface area (Å²) in [5, 5.41) is 9.00. The normalized spacial score (nSPS) is 19.5. The number of nitrogens with zero attached hydrogens (tertiary/aromatic N) is 3. The van der Waals surface area contributed by atoms with Crippen molar-refractivity contribution in [3.05, 3.63) is 62.4 Å². The summed E-state index contributed by atoms with van der Waals surface area (Å²) in [7, 11) is -1.76. The minimum atomic E-state index is -4.63. The molecule has 3 rings (SSSR count). The Bertz CT molecular complexity index is 1400. The maximum Gasteiger partial charge on any atom is 0.513 e. The standard InChI is InChI=1S/C27H34F3N4O8P/c1-16(2)34(17(3)4)43(39-11-7-10-31)42-21-13-23(33-14-18(5)24(35)32-25(33)36)41-22(21)15-38-26(37)40-20-9-6-8-19(12-20)27(28,29)30/h6,8-9,12,14,16-17,21-23H,7,11,13,15H2,1-5H3,(H,32,35,36)/t21-,22+,23+,43?/m0/s1. The SMILES string of the molecule is Cc1cn([C@H]2C[C@H](OP(OCCC#N)N(C(C)C)C(C)C)[C@@H](COC(=O)Oc3cccc(C(F)(F)F)c3)O2)c(=O)[nH]c1=O. The smallest absolute Gasteiger partial charge is 0.431 e. The summed E-state index contributed by atoms with van der Waals surface area (Å²) < 4.78 is 70.8. The van der Waals surface area contributed by atoms with E-state index in [4.69, 9.17) is 28.5 Å². The molecule has 12 nitrogen and oxygen atoms in total. The van der Waals surface area contributed by atoms with Crippen LogP contribution in [0.4, 0.5) is 18.0 Å². The van der Waals surface area contributed by atoms with E-state index in [0.717, 1.165) is 12.1 Å². The largest absolute Gasteiger partial charge is 0.513 e.